The zero-order chi connectivity index (χ0) is 18.1. The summed E-state index contributed by atoms with van der Waals surface area (Å²) in [6.45, 7) is 5.29. The van der Waals surface area contributed by atoms with Crippen LogP contribution in [0.4, 0.5) is 13.2 Å². The predicted molar refractivity (Wildman–Crippen MR) is 89.7 cm³/mol. The first-order valence-corrected chi connectivity index (χ1v) is 7.96. The number of hydrogen-bond acceptors (Lipinski definition) is 2. The average Bonchev–Trinajstić information content (AvgIpc) is 2.44. The van der Waals surface area contributed by atoms with Crippen LogP contribution in [0.15, 0.2) is 46.9 Å². The highest BCUT2D eigenvalue weighted by atomic mass is 79.9. The second kappa shape index (κ2) is 6.59. The highest BCUT2D eigenvalue weighted by Gasteiger charge is 2.30. The van der Waals surface area contributed by atoms with Crippen molar-refractivity contribution in [1.82, 2.24) is 0 Å². The lowest BCUT2D eigenvalue weighted by Crippen LogP contribution is -2.23. The van der Waals surface area contributed by atoms with Crippen LogP contribution in [-0.2, 0) is 10.9 Å². The molecule has 2 nitrogen and oxygen atoms in total. The number of esters is 1. The molecule has 6 heteroatoms. The number of hydrogen-bond donors (Lipinski definition) is 0. The molecule has 0 N–H and O–H groups in total. The van der Waals surface area contributed by atoms with E-state index in [1.807, 2.05) is 0 Å². The van der Waals surface area contributed by atoms with Crippen molar-refractivity contribution in [3.8, 4) is 11.1 Å². The molecule has 0 aliphatic carbocycles. The summed E-state index contributed by atoms with van der Waals surface area (Å²) in [7, 11) is 0. The third-order valence-corrected chi connectivity index (χ3v) is 3.54. The average molecular weight is 401 g/mol. The van der Waals surface area contributed by atoms with Crippen molar-refractivity contribution in [3.05, 3.63) is 58.1 Å². The van der Waals surface area contributed by atoms with Crippen molar-refractivity contribution < 1.29 is 22.7 Å². The van der Waals surface area contributed by atoms with E-state index in [0.29, 0.717) is 21.2 Å². The SMILES string of the molecule is CC(C)(C)OC(=O)c1cc(Br)cc(-c2ccc(C(F)(F)F)cc2)c1. The van der Waals surface area contributed by atoms with Gasteiger partial charge < -0.3 is 4.74 Å². The molecule has 0 aliphatic heterocycles. The lowest BCUT2D eigenvalue weighted by molar-refractivity contribution is -0.137. The molecule has 0 spiro atoms. The summed E-state index contributed by atoms with van der Waals surface area (Å²) in [5.74, 6) is -0.489. The van der Waals surface area contributed by atoms with Crippen LogP contribution < -0.4 is 0 Å². The van der Waals surface area contributed by atoms with E-state index >= 15 is 0 Å². The zero-order valence-electron chi connectivity index (χ0n) is 13.4. The molecular formula is C18H16BrF3O2. The van der Waals surface area contributed by atoms with Crippen LogP contribution in [0.3, 0.4) is 0 Å². The first-order valence-electron chi connectivity index (χ1n) is 7.17. The molecule has 0 atom stereocenters. The Labute approximate surface area is 146 Å². The summed E-state index contributed by atoms with van der Waals surface area (Å²) >= 11 is 3.32. The number of ether oxygens (including phenoxy) is 1. The fourth-order valence-electron chi connectivity index (χ4n) is 2.06. The second-order valence-electron chi connectivity index (χ2n) is 6.31. The Bertz CT molecular complexity index is 744. The fourth-order valence-corrected chi connectivity index (χ4v) is 2.56. The van der Waals surface area contributed by atoms with Gasteiger partial charge in [0, 0.05) is 4.47 Å². The van der Waals surface area contributed by atoms with Gasteiger partial charge in [-0.2, -0.15) is 13.2 Å². The number of carbonyl (C=O) groups is 1. The molecule has 0 saturated heterocycles. The first-order chi connectivity index (χ1) is 11.0. The van der Waals surface area contributed by atoms with Gasteiger partial charge in [-0.1, -0.05) is 28.1 Å². The summed E-state index contributed by atoms with van der Waals surface area (Å²) in [6, 6.07) is 9.74. The Kier molecular flexibility index (Phi) is 5.08. The molecule has 2 aromatic rings. The van der Waals surface area contributed by atoms with Crippen molar-refractivity contribution in [2.45, 2.75) is 32.5 Å². The molecule has 0 radical (unpaired) electrons. The van der Waals surface area contributed by atoms with E-state index in [1.165, 1.54) is 12.1 Å². The largest absolute Gasteiger partial charge is 0.456 e. The van der Waals surface area contributed by atoms with E-state index in [-0.39, 0.29) is 0 Å². The third-order valence-electron chi connectivity index (χ3n) is 3.08. The van der Waals surface area contributed by atoms with Crippen molar-refractivity contribution in [2.75, 3.05) is 0 Å². The third kappa shape index (κ3) is 4.84. The maximum Gasteiger partial charge on any atom is 0.416 e. The molecular weight excluding hydrogens is 385 g/mol. The van der Waals surface area contributed by atoms with E-state index in [4.69, 9.17) is 4.74 Å². The molecule has 0 heterocycles. The maximum absolute atomic E-state index is 12.6. The smallest absolute Gasteiger partial charge is 0.416 e. The lowest BCUT2D eigenvalue weighted by atomic mass is 10.0. The van der Waals surface area contributed by atoms with Crippen LogP contribution in [0.2, 0.25) is 0 Å². The summed E-state index contributed by atoms with van der Waals surface area (Å²) in [5.41, 5.74) is 0.185. The molecule has 0 amide bonds. The highest BCUT2D eigenvalue weighted by Crippen LogP contribution is 2.32. The first kappa shape index (κ1) is 18.5. The second-order valence-corrected chi connectivity index (χ2v) is 7.22. The summed E-state index contributed by atoms with van der Waals surface area (Å²) in [4.78, 5) is 12.2. The van der Waals surface area contributed by atoms with Gasteiger partial charge in [0.25, 0.3) is 0 Å². The van der Waals surface area contributed by atoms with Crippen molar-refractivity contribution in [1.29, 1.82) is 0 Å². The number of rotatable bonds is 2. The van der Waals surface area contributed by atoms with Gasteiger partial charge in [-0.3, -0.25) is 0 Å². The van der Waals surface area contributed by atoms with Gasteiger partial charge in [0.15, 0.2) is 0 Å². The van der Waals surface area contributed by atoms with E-state index in [2.05, 4.69) is 15.9 Å². The van der Waals surface area contributed by atoms with Crippen molar-refractivity contribution >= 4 is 21.9 Å². The monoisotopic (exact) mass is 400 g/mol. The number of benzene rings is 2. The minimum atomic E-state index is -4.38. The van der Waals surface area contributed by atoms with Crippen LogP contribution in [0.1, 0.15) is 36.7 Å². The van der Waals surface area contributed by atoms with Gasteiger partial charge in [0.05, 0.1) is 11.1 Å². The van der Waals surface area contributed by atoms with Crippen LogP contribution in [0.5, 0.6) is 0 Å². The standard InChI is InChI=1S/C18H16BrF3O2/c1-17(2,3)24-16(23)13-8-12(9-15(19)10-13)11-4-6-14(7-5-11)18(20,21)22/h4-10H,1-3H3. The molecule has 2 aromatic carbocycles. The number of halogens is 4. The van der Waals surface area contributed by atoms with Crippen LogP contribution in [0.25, 0.3) is 11.1 Å². The fraction of sp³-hybridized carbons (Fsp3) is 0.278. The Hall–Kier alpha value is -1.82. The number of alkyl halides is 3. The minimum absolute atomic E-state index is 0.328. The Morgan fingerprint density at radius 2 is 1.54 bits per heavy atom. The maximum atomic E-state index is 12.6. The molecule has 0 unspecified atom stereocenters. The molecule has 0 saturated carbocycles. The van der Waals surface area contributed by atoms with E-state index in [1.54, 1.807) is 39.0 Å². The van der Waals surface area contributed by atoms with Gasteiger partial charge in [0.2, 0.25) is 0 Å². The quantitative estimate of drug-likeness (QED) is 0.570. The predicted octanol–water partition coefficient (Wildman–Crippen LogP) is 6.09. The molecule has 2 rings (SSSR count). The molecule has 128 valence electrons. The summed E-state index contributed by atoms with van der Waals surface area (Å²) in [6.07, 6.45) is -4.38. The van der Waals surface area contributed by atoms with Crippen LogP contribution in [0, 0.1) is 0 Å². The molecule has 0 fully saturated rings. The van der Waals surface area contributed by atoms with E-state index in [9.17, 15) is 18.0 Å². The van der Waals surface area contributed by atoms with Crippen LogP contribution in [-0.4, -0.2) is 11.6 Å². The Morgan fingerprint density at radius 1 is 0.958 bits per heavy atom. The molecule has 0 aliphatic rings. The van der Waals surface area contributed by atoms with Crippen molar-refractivity contribution in [3.63, 3.8) is 0 Å². The van der Waals surface area contributed by atoms with Gasteiger partial charge in [-0.15, -0.1) is 0 Å². The van der Waals surface area contributed by atoms with Gasteiger partial charge in [0.1, 0.15) is 5.60 Å². The molecule has 24 heavy (non-hydrogen) atoms. The van der Waals surface area contributed by atoms with E-state index < -0.39 is 23.3 Å². The van der Waals surface area contributed by atoms with Gasteiger partial charge in [-0.25, -0.2) is 4.79 Å². The Morgan fingerprint density at radius 3 is 2.04 bits per heavy atom. The topological polar surface area (TPSA) is 26.3 Å². The van der Waals surface area contributed by atoms with E-state index in [0.717, 1.165) is 12.1 Å². The molecule has 0 bridgehead atoms. The normalized spacial score (nSPS) is 12.1. The summed E-state index contributed by atoms with van der Waals surface area (Å²) in [5, 5.41) is 0. The van der Waals surface area contributed by atoms with Gasteiger partial charge >= 0.3 is 12.1 Å². The Balaban J connectivity index is 2.36. The highest BCUT2D eigenvalue weighted by molar-refractivity contribution is 9.10. The lowest BCUT2D eigenvalue weighted by Gasteiger charge is -2.19. The van der Waals surface area contributed by atoms with Gasteiger partial charge in [-0.05, 0) is 62.2 Å². The number of carbonyl (C=O) groups excluding carboxylic acids is 1. The van der Waals surface area contributed by atoms with Crippen molar-refractivity contribution in [2.24, 2.45) is 0 Å². The minimum Gasteiger partial charge on any atom is -0.456 e. The molecule has 0 aromatic heterocycles. The zero-order valence-corrected chi connectivity index (χ0v) is 15.0. The summed E-state index contributed by atoms with van der Waals surface area (Å²) < 4.78 is 43.9. The van der Waals surface area contributed by atoms with Crippen LogP contribution >= 0.6 is 15.9 Å².